The third-order valence-electron chi connectivity index (χ3n) is 6.60. The number of ether oxygens (including phenoxy) is 1. The van der Waals surface area contributed by atoms with Gasteiger partial charge in [0, 0.05) is 13.0 Å². The number of nitrogens with zero attached hydrogens (tertiary/aromatic N) is 1. The van der Waals surface area contributed by atoms with Crippen molar-refractivity contribution in [3.63, 3.8) is 0 Å². The van der Waals surface area contributed by atoms with Crippen LogP contribution >= 0.6 is 0 Å². The molecular formula is C29H36N2O. The van der Waals surface area contributed by atoms with E-state index in [9.17, 15) is 0 Å². The average molecular weight is 429 g/mol. The van der Waals surface area contributed by atoms with Crippen LogP contribution in [0.4, 0.5) is 0 Å². The van der Waals surface area contributed by atoms with Crippen molar-refractivity contribution >= 4 is 0 Å². The lowest BCUT2D eigenvalue weighted by Crippen LogP contribution is -2.34. The molecule has 0 aliphatic carbocycles. The van der Waals surface area contributed by atoms with Crippen LogP contribution in [0.1, 0.15) is 48.0 Å². The molecular weight excluding hydrogens is 392 g/mol. The van der Waals surface area contributed by atoms with Crippen LogP contribution in [-0.4, -0.2) is 38.1 Å². The Hall–Kier alpha value is -2.62. The van der Waals surface area contributed by atoms with Crippen LogP contribution in [0.3, 0.4) is 0 Å². The maximum atomic E-state index is 6.67. The molecule has 4 rings (SSSR count). The first kappa shape index (κ1) is 22.6. The third kappa shape index (κ3) is 6.21. The van der Waals surface area contributed by atoms with E-state index in [4.69, 9.17) is 4.74 Å². The van der Waals surface area contributed by atoms with Gasteiger partial charge in [-0.25, -0.2) is 0 Å². The molecule has 1 heterocycles. The van der Waals surface area contributed by atoms with Gasteiger partial charge in [0.25, 0.3) is 0 Å². The maximum Gasteiger partial charge on any atom is 0.125 e. The zero-order chi connectivity index (χ0) is 22.0. The molecule has 32 heavy (non-hydrogen) atoms. The highest BCUT2D eigenvalue weighted by Gasteiger charge is 2.24. The lowest BCUT2D eigenvalue weighted by molar-refractivity contribution is 0.184. The van der Waals surface area contributed by atoms with Crippen LogP contribution in [0.25, 0.3) is 0 Å². The highest BCUT2D eigenvalue weighted by atomic mass is 16.5. The van der Waals surface area contributed by atoms with Crippen molar-refractivity contribution in [2.75, 3.05) is 33.2 Å². The maximum absolute atomic E-state index is 6.67. The third-order valence-corrected chi connectivity index (χ3v) is 6.60. The van der Waals surface area contributed by atoms with E-state index in [1.54, 1.807) is 0 Å². The van der Waals surface area contributed by atoms with Crippen LogP contribution < -0.4 is 10.1 Å². The molecule has 1 unspecified atom stereocenters. The van der Waals surface area contributed by atoms with Crippen molar-refractivity contribution < 1.29 is 4.74 Å². The van der Waals surface area contributed by atoms with Crippen molar-refractivity contribution in [3.05, 3.63) is 102 Å². The largest absolute Gasteiger partial charge is 0.485 e. The fraction of sp³-hybridized carbons (Fsp3) is 0.379. The van der Waals surface area contributed by atoms with Gasteiger partial charge in [0.15, 0.2) is 0 Å². The fourth-order valence-electron chi connectivity index (χ4n) is 4.71. The SMILES string of the molecule is CNCCC(Oc1ccccc1C1CCN(CCc2ccccc2)CC1)c1ccccc1. The van der Waals surface area contributed by atoms with Gasteiger partial charge in [0.1, 0.15) is 11.9 Å². The highest BCUT2D eigenvalue weighted by molar-refractivity contribution is 5.37. The highest BCUT2D eigenvalue weighted by Crippen LogP contribution is 2.36. The molecule has 3 heteroatoms. The molecule has 3 nitrogen and oxygen atoms in total. The molecule has 3 aromatic carbocycles. The second kappa shape index (κ2) is 11.8. The van der Waals surface area contributed by atoms with Crippen LogP contribution in [-0.2, 0) is 6.42 Å². The number of piperidine rings is 1. The summed E-state index contributed by atoms with van der Waals surface area (Å²) >= 11 is 0. The number of para-hydroxylation sites is 1. The summed E-state index contributed by atoms with van der Waals surface area (Å²) in [6.07, 6.45) is 4.54. The Morgan fingerprint density at radius 1 is 0.875 bits per heavy atom. The Morgan fingerprint density at radius 2 is 1.53 bits per heavy atom. The van der Waals surface area contributed by atoms with Gasteiger partial charge in [-0.15, -0.1) is 0 Å². The first-order valence-corrected chi connectivity index (χ1v) is 12.0. The van der Waals surface area contributed by atoms with Gasteiger partial charge in [-0.05, 0) is 74.6 Å². The van der Waals surface area contributed by atoms with Crippen molar-refractivity contribution in [1.29, 1.82) is 0 Å². The number of likely N-dealkylation sites (tertiary alicyclic amines) is 1. The molecule has 168 valence electrons. The molecule has 1 saturated heterocycles. The minimum atomic E-state index is 0.0655. The molecule has 1 aliphatic heterocycles. The van der Waals surface area contributed by atoms with Crippen LogP contribution in [0.5, 0.6) is 5.75 Å². The summed E-state index contributed by atoms with van der Waals surface area (Å²) in [5.41, 5.74) is 4.05. The van der Waals surface area contributed by atoms with E-state index in [2.05, 4.69) is 95.1 Å². The minimum absolute atomic E-state index is 0.0655. The van der Waals surface area contributed by atoms with Gasteiger partial charge < -0.3 is 15.0 Å². The first-order valence-electron chi connectivity index (χ1n) is 12.0. The van der Waals surface area contributed by atoms with Crippen LogP contribution in [0.2, 0.25) is 0 Å². The van der Waals surface area contributed by atoms with Crippen molar-refractivity contribution in [2.24, 2.45) is 0 Å². The zero-order valence-electron chi connectivity index (χ0n) is 19.2. The predicted molar refractivity (Wildman–Crippen MR) is 133 cm³/mol. The molecule has 1 N–H and O–H groups in total. The number of benzene rings is 3. The van der Waals surface area contributed by atoms with E-state index in [1.807, 2.05) is 7.05 Å². The zero-order valence-corrected chi connectivity index (χ0v) is 19.2. The lowest BCUT2D eigenvalue weighted by Gasteiger charge is -2.33. The Morgan fingerprint density at radius 3 is 2.25 bits per heavy atom. The summed E-state index contributed by atoms with van der Waals surface area (Å²) < 4.78 is 6.67. The monoisotopic (exact) mass is 428 g/mol. The lowest BCUT2D eigenvalue weighted by atomic mass is 9.88. The molecule has 0 spiro atoms. The second-order valence-electron chi connectivity index (χ2n) is 8.80. The molecule has 0 saturated carbocycles. The Labute approximate surface area is 193 Å². The standard InChI is InChI=1S/C29H36N2O/c1-30-20-16-28(26-12-6-3-7-13-26)32-29-15-9-8-14-27(29)25-18-22-31(23-19-25)21-17-24-10-4-2-5-11-24/h2-15,25,28,30H,16-23H2,1H3. The van der Waals surface area contributed by atoms with Gasteiger partial charge >= 0.3 is 0 Å². The Balaban J connectivity index is 1.39. The summed E-state index contributed by atoms with van der Waals surface area (Å²) in [5.74, 6) is 1.63. The van der Waals surface area contributed by atoms with Crippen molar-refractivity contribution in [2.45, 2.75) is 37.7 Å². The summed E-state index contributed by atoms with van der Waals surface area (Å²) in [5, 5.41) is 3.27. The van der Waals surface area contributed by atoms with E-state index in [0.29, 0.717) is 5.92 Å². The van der Waals surface area contributed by atoms with Gasteiger partial charge in [0.2, 0.25) is 0 Å². The minimum Gasteiger partial charge on any atom is -0.485 e. The summed E-state index contributed by atoms with van der Waals surface area (Å²) in [4.78, 5) is 2.62. The van der Waals surface area contributed by atoms with E-state index in [-0.39, 0.29) is 6.10 Å². The van der Waals surface area contributed by atoms with E-state index >= 15 is 0 Å². The van der Waals surface area contributed by atoms with Crippen molar-refractivity contribution in [1.82, 2.24) is 10.2 Å². The van der Waals surface area contributed by atoms with E-state index < -0.39 is 0 Å². The number of hydrogen-bond acceptors (Lipinski definition) is 3. The van der Waals surface area contributed by atoms with Gasteiger partial charge in [0.05, 0.1) is 0 Å². The van der Waals surface area contributed by atoms with Crippen LogP contribution in [0.15, 0.2) is 84.9 Å². The van der Waals surface area contributed by atoms with Gasteiger partial charge in [-0.3, -0.25) is 0 Å². The Kier molecular flexibility index (Phi) is 8.35. The quantitative estimate of drug-likeness (QED) is 0.439. The molecule has 0 amide bonds. The number of rotatable bonds is 10. The topological polar surface area (TPSA) is 24.5 Å². The average Bonchev–Trinajstić information content (AvgIpc) is 2.87. The van der Waals surface area contributed by atoms with Gasteiger partial charge in [-0.2, -0.15) is 0 Å². The van der Waals surface area contributed by atoms with Crippen molar-refractivity contribution in [3.8, 4) is 5.75 Å². The summed E-state index contributed by atoms with van der Waals surface area (Å²) in [6.45, 7) is 4.40. The molecule has 0 radical (unpaired) electrons. The molecule has 3 aromatic rings. The van der Waals surface area contributed by atoms with Gasteiger partial charge in [-0.1, -0.05) is 78.9 Å². The Bertz CT molecular complexity index is 920. The molecule has 1 atom stereocenters. The van der Waals surface area contributed by atoms with E-state index in [0.717, 1.165) is 44.8 Å². The molecule has 0 aromatic heterocycles. The number of hydrogen-bond donors (Lipinski definition) is 1. The normalized spacial score (nSPS) is 16.0. The van der Waals surface area contributed by atoms with Crippen LogP contribution in [0, 0.1) is 0 Å². The molecule has 1 aliphatic rings. The number of nitrogens with one attached hydrogen (secondary N) is 1. The summed E-state index contributed by atoms with van der Waals surface area (Å²) in [6, 6.07) is 30.2. The first-order chi connectivity index (χ1) is 15.8. The second-order valence-corrected chi connectivity index (χ2v) is 8.80. The predicted octanol–water partition coefficient (Wildman–Crippen LogP) is 5.84. The van der Waals surface area contributed by atoms with E-state index in [1.165, 1.54) is 29.5 Å². The summed E-state index contributed by atoms with van der Waals surface area (Å²) in [7, 11) is 2.00. The fourth-order valence-corrected chi connectivity index (χ4v) is 4.71. The molecule has 0 bridgehead atoms. The molecule has 1 fully saturated rings. The smallest absolute Gasteiger partial charge is 0.125 e.